The predicted octanol–water partition coefficient (Wildman–Crippen LogP) is 1.97. The number of nitrogens with zero attached hydrogens (tertiary/aromatic N) is 2. The first-order chi connectivity index (χ1) is 12.4. The average molecular weight is 362 g/mol. The molecule has 2 aromatic rings. The van der Waals surface area contributed by atoms with E-state index in [1.54, 1.807) is 12.1 Å². The maximum Gasteiger partial charge on any atom is 0.313 e. The Morgan fingerprint density at radius 1 is 1.38 bits per heavy atom. The molecule has 1 unspecified atom stereocenters. The number of carbonyl (C=O) groups is 2. The third kappa shape index (κ3) is 3.60. The largest absolute Gasteiger partial charge is 0.481 e. The van der Waals surface area contributed by atoms with Gasteiger partial charge in [0.2, 0.25) is 11.8 Å². The Labute approximate surface area is 149 Å². The summed E-state index contributed by atoms with van der Waals surface area (Å²) in [5.74, 6) is -1.24. The highest BCUT2D eigenvalue weighted by atomic mass is 19.1. The van der Waals surface area contributed by atoms with Gasteiger partial charge in [-0.1, -0.05) is 0 Å². The molecule has 0 saturated carbocycles. The van der Waals surface area contributed by atoms with Crippen molar-refractivity contribution >= 4 is 11.9 Å². The number of oxazole rings is 1. The molecule has 26 heavy (non-hydrogen) atoms. The molecule has 2 heterocycles. The maximum absolute atomic E-state index is 13.0. The molecule has 1 saturated heterocycles. The van der Waals surface area contributed by atoms with Crippen molar-refractivity contribution in [2.75, 3.05) is 26.8 Å². The third-order valence-corrected chi connectivity index (χ3v) is 4.56. The van der Waals surface area contributed by atoms with Crippen LogP contribution in [0.15, 0.2) is 34.9 Å². The highest BCUT2D eigenvalue weighted by Gasteiger charge is 2.46. The van der Waals surface area contributed by atoms with Gasteiger partial charge in [-0.05, 0) is 30.7 Å². The molecule has 1 fully saturated rings. The monoisotopic (exact) mass is 362 g/mol. The van der Waals surface area contributed by atoms with E-state index in [-0.39, 0.29) is 31.3 Å². The lowest BCUT2D eigenvalue weighted by molar-refractivity contribution is -0.151. The predicted molar refractivity (Wildman–Crippen MR) is 88.7 cm³/mol. The minimum absolute atomic E-state index is 0.00732. The lowest BCUT2D eigenvalue weighted by Crippen LogP contribution is -2.40. The summed E-state index contributed by atoms with van der Waals surface area (Å²) in [4.78, 5) is 29.8. The minimum atomic E-state index is -1.06. The highest BCUT2D eigenvalue weighted by molar-refractivity contribution is 5.82. The second-order valence-electron chi connectivity index (χ2n) is 6.41. The summed E-state index contributed by atoms with van der Waals surface area (Å²) >= 11 is 0. The summed E-state index contributed by atoms with van der Waals surface area (Å²) in [6, 6.07) is 5.68. The Morgan fingerprint density at radius 3 is 2.77 bits per heavy atom. The van der Waals surface area contributed by atoms with Crippen LogP contribution in [0.3, 0.4) is 0 Å². The molecule has 8 heteroatoms. The molecule has 1 aromatic heterocycles. The van der Waals surface area contributed by atoms with E-state index in [1.807, 2.05) is 0 Å². The molecule has 1 aliphatic heterocycles. The van der Waals surface area contributed by atoms with E-state index >= 15 is 0 Å². The number of ether oxygens (including phenoxy) is 1. The molecule has 0 bridgehead atoms. The van der Waals surface area contributed by atoms with Gasteiger partial charge in [0.25, 0.3) is 0 Å². The van der Waals surface area contributed by atoms with E-state index in [4.69, 9.17) is 9.15 Å². The molecule has 0 aliphatic carbocycles. The van der Waals surface area contributed by atoms with E-state index in [2.05, 4.69) is 4.98 Å². The topological polar surface area (TPSA) is 92.9 Å². The van der Waals surface area contributed by atoms with Crippen LogP contribution in [0.2, 0.25) is 0 Å². The van der Waals surface area contributed by atoms with E-state index < -0.39 is 11.4 Å². The molecule has 7 nitrogen and oxygen atoms in total. The molecule has 138 valence electrons. The minimum Gasteiger partial charge on any atom is -0.481 e. The summed E-state index contributed by atoms with van der Waals surface area (Å²) < 4.78 is 23.4. The standard InChI is InChI=1S/C18H19FN2O5/c1-25-11-18(17(23)24)6-7-21(10-18)15(22)8-14-9-26-16(20-14)12-2-4-13(19)5-3-12/h2-5,9H,6-8,10-11H2,1H3,(H,23,24). The van der Waals surface area contributed by atoms with E-state index in [0.29, 0.717) is 30.1 Å². The molecule has 0 radical (unpaired) electrons. The van der Waals surface area contributed by atoms with Crippen molar-refractivity contribution in [3.05, 3.63) is 42.0 Å². The summed E-state index contributed by atoms with van der Waals surface area (Å²) in [7, 11) is 1.45. The molecule has 1 amide bonds. The fourth-order valence-corrected chi connectivity index (χ4v) is 3.10. The molecular formula is C18H19FN2O5. The second kappa shape index (κ2) is 7.25. The van der Waals surface area contributed by atoms with Crippen molar-refractivity contribution in [2.45, 2.75) is 12.8 Å². The fraction of sp³-hybridized carbons (Fsp3) is 0.389. The van der Waals surface area contributed by atoms with Crippen molar-refractivity contribution in [3.8, 4) is 11.5 Å². The van der Waals surface area contributed by atoms with Gasteiger partial charge < -0.3 is 19.2 Å². The van der Waals surface area contributed by atoms with Crippen molar-refractivity contribution in [1.29, 1.82) is 0 Å². The molecule has 1 aliphatic rings. The van der Waals surface area contributed by atoms with Crippen LogP contribution in [-0.4, -0.2) is 53.7 Å². The fourth-order valence-electron chi connectivity index (χ4n) is 3.10. The van der Waals surface area contributed by atoms with Gasteiger partial charge in [0.05, 0.1) is 18.7 Å². The van der Waals surface area contributed by atoms with Gasteiger partial charge in [-0.3, -0.25) is 9.59 Å². The number of rotatable bonds is 6. The van der Waals surface area contributed by atoms with Crippen LogP contribution in [-0.2, 0) is 20.7 Å². The van der Waals surface area contributed by atoms with Crippen LogP contribution in [0.1, 0.15) is 12.1 Å². The van der Waals surface area contributed by atoms with E-state index in [0.717, 1.165) is 0 Å². The number of aromatic nitrogens is 1. The molecule has 0 spiro atoms. The van der Waals surface area contributed by atoms with Crippen LogP contribution < -0.4 is 0 Å². The van der Waals surface area contributed by atoms with Gasteiger partial charge >= 0.3 is 5.97 Å². The summed E-state index contributed by atoms with van der Waals surface area (Å²) in [5, 5.41) is 9.46. The van der Waals surface area contributed by atoms with Crippen LogP contribution in [0.25, 0.3) is 11.5 Å². The van der Waals surface area contributed by atoms with E-state index in [9.17, 15) is 19.1 Å². The first-order valence-electron chi connectivity index (χ1n) is 8.14. The van der Waals surface area contributed by atoms with Crippen LogP contribution in [0.5, 0.6) is 0 Å². The maximum atomic E-state index is 13.0. The number of amides is 1. The average Bonchev–Trinajstić information content (AvgIpc) is 3.24. The zero-order valence-electron chi connectivity index (χ0n) is 14.3. The zero-order chi connectivity index (χ0) is 18.7. The van der Waals surface area contributed by atoms with Gasteiger partial charge in [0.1, 0.15) is 17.5 Å². The van der Waals surface area contributed by atoms with Crippen LogP contribution in [0.4, 0.5) is 4.39 Å². The summed E-state index contributed by atoms with van der Waals surface area (Å²) in [6.07, 6.45) is 1.74. The van der Waals surface area contributed by atoms with Crippen molar-refractivity contribution in [2.24, 2.45) is 5.41 Å². The Bertz CT molecular complexity index is 804. The number of likely N-dealkylation sites (tertiary alicyclic amines) is 1. The number of halogens is 1. The Kier molecular flexibility index (Phi) is 5.03. The van der Waals surface area contributed by atoms with Crippen molar-refractivity contribution in [3.63, 3.8) is 0 Å². The molecule has 1 N–H and O–H groups in total. The second-order valence-corrected chi connectivity index (χ2v) is 6.41. The summed E-state index contributed by atoms with van der Waals surface area (Å²) in [5.41, 5.74) is -0.0156. The number of benzene rings is 1. The molecule has 1 atom stereocenters. The van der Waals surface area contributed by atoms with Gasteiger partial charge in [-0.15, -0.1) is 0 Å². The van der Waals surface area contributed by atoms with Gasteiger partial charge in [0, 0.05) is 25.8 Å². The molecule has 3 rings (SSSR count). The Balaban J connectivity index is 1.66. The lowest BCUT2D eigenvalue weighted by Gasteiger charge is -2.23. The Morgan fingerprint density at radius 2 is 2.12 bits per heavy atom. The quantitative estimate of drug-likeness (QED) is 0.845. The zero-order valence-corrected chi connectivity index (χ0v) is 14.3. The SMILES string of the molecule is COCC1(C(=O)O)CCN(C(=O)Cc2coc(-c3ccc(F)cc3)n2)C1. The van der Waals surface area contributed by atoms with Crippen LogP contribution in [0, 0.1) is 11.2 Å². The first-order valence-corrected chi connectivity index (χ1v) is 8.14. The van der Waals surface area contributed by atoms with Crippen LogP contribution >= 0.6 is 0 Å². The first kappa shape index (κ1) is 18.1. The van der Waals surface area contributed by atoms with Crippen molar-refractivity contribution < 1.29 is 28.2 Å². The number of methoxy groups -OCH3 is 1. The third-order valence-electron chi connectivity index (χ3n) is 4.56. The van der Waals surface area contributed by atoms with Crippen molar-refractivity contribution in [1.82, 2.24) is 9.88 Å². The molecular weight excluding hydrogens is 343 g/mol. The number of carbonyl (C=O) groups excluding carboxylic acids is 1. The normalized spacial score (nSPS) is 19.7. The number of aliphatic carboxylic acids is 1. The van der Waals surface area contributed by atoms with Gasteiger partial charge in [-0.2, -0.15) is 0 Å². The smallest absolute Gasteiger partial charge is 0.313 e. The number of hydrogen-bond donors (Lipinski definition) is 1. The lowest BCUT2D eigenvalue weighted by atomic mass is 9.88. The Hall–Kier alpha value is -2.74. The van der Waals surface area contributed by atoms with Gasteiger partial charge in [0.15, 0.2) is 0 Å². The summed E-state index contributed by atoms with van der Waals surface area (Å²) in [6.45, 7) is 0.527. The number of carboxylic acids is 1. The van der Waals surface area contributed by atoms with Gasteiger partial charge in [-0.25, -0.2) is 9.37 Å². The number of carboxylic acid groups (broad SMARTS) is 1. The molecule has 1 aromatic carbocycles. The highest BCUT2D eigenvalue weighted by Crippen LogP contribution is 2.31. The van der Waals surface area contributed by atoms with E-state index in [1.165, 1.54) is 30.4 Å². The number of hydrogen-bond acceptors (Lipinski definition) is 5.